The molecule has 0 spiro atoms. The van der Waals surface area contributed by atoms with Crippen molar-refractivity contribution in [1.82, 2.24) is 25.2 Å². The Hall–Kier alpha value is -2.25. The van der Waals surface area contributed by atoms with Gasteiger partial charge in [0.15, 0.2) is 5.82 Å². The van der Waals surface area contributed by atoms with Crippen LogP contribution in [0.15, 0.2) is 33.2 Å². The molecule has 0 aliphatic heterocycles. The fraction of sp³-hybridized carbons (Fsp3) is 0.444. The van der Waals surface area contributed by atoms with Crippen LogP contribution >= 0.6 is 11.6 Å². The first-order valence-electron chi connectivity index (χ1n) is 8.85. The highest BCUT2D eigenvalue weighted by Crippen LogP contribution is 2.38. The second-order valence-corrected chi connectivity index (χ2v) is 6.92. The summed E-state index contributed by atoms with van der Waals surface area (Å²) < 4.78 is 11.1. The van der Waals surface area contributed by atoms with Crippen LogP contribution in [0.5, 0.6) is 0 Å². The van der Waals surface area contributed by atoms with E-state index in [-0.39, 0.29) is 0 Å². The maximum atomic E-state index is 6.20. The number of hydrogen-bond acceptors (Lipinski definition) is 7. The molecule has 1 saturated carbocycles. The minimum atomic E-state index is 0.428. The van der Waals surface area contributed by atoms with E-state index < -0.39 is 0 Å². The zero-order valence-corrected chi connectivity index (χ0v) is 15.3. The van der Waals surface area contributed by atoms with Crippen LogP contribution in [0.3, 0.4) is 0 Å². The van der Waals surface area contributed by atoms with Crippen molar-refractivity contribution in [2.45, 2.75) is 45.2 Å². The second-order valence-electron chi connectivity index (χ2n) is 6.51. The Morgan fingerprint density at radius 2 is 2.04 bits per heavy atom. The Morgan fingerprint density at radius 3 is 2.81 bits per heavy atom. The molecule has 4 rings (SSSR count). The average molecular weight is 374 g/mol. The highest BCUT2D eigenvalue weighted by Gasteiger charge is 2.29. The standard InChI is InChI=1S/C18H20ClN5O2/c1-2-9-24(10-15-20-17(26-23-15)12-7-8-12)11-16-21-22-18(25-16)13-5-3-4-6-14(13)19/h3-6,12H,2,7-11H2,1H3. The number of hydrogen-bond donors (Lipinski definition) is 0. The molecule has 8 heteroatoms. The lowest BCUT2D eigenvalue weighted by molar-refractivity contribution is 0.223. The Bertz CT molecular complexity index is 874. The molecule has 0 amide bonds. The van der Waals surface area contributed by atoms with Crippen LogP contribution in [0.2, 0.25) is 5.02 Å². The molecule has 0 N–H and O–H groups in total. The molecule has 26 heavy (non-hydrogen) atoms. The van der Waals surface area contributed by atoms with Crippen molar-refractivity contribution >= 4 is 11.6 Å². The molecule has 1 aliphatic carbocycles. The summed E-state index contributed by atoms with van der Waals surface area (Å²) in [6.45, 7) is 4.12. The lowest BCUT2D eigenvalue weighted by Gasteiger charge is -2.17. The van der Waals surface area contributed by atoms with E-state index in [1.165, 1.54) is 0 Å². The molecule has 1 aromatic carbocycles. The van der Waals surface area contributed by atoms with Crippen molar-refractivity contribution in [2.75, 3.05) is 6.54 Å². The van der Waals surface area contributed by atoms with Gasteiger partial charge in [-0.1, -0.05) is 35.8 Å². The molecule has 0 saturated heterocycles. The number of nitrogens with zero attached hydrogens (tertiary/aromatic N) is 5. The van der Waals surface area contributed by atoms with Gasteiger partial charge in [-0.15, -0.1) is 10.2 Å². The molecule has 1 aliphatic rings. The first kappa shape index (κ1) is 17.2. The highest BCUT2D eigenvalue weighted by molar-refractivity contribution is 6.33. The number of rotatable bonds is 8. The summed E-state index contributed by atoms with van der Waals surface area (Å²) in [5.41, 5.74) is 0.738. The van der Waals surface area contributed by atoms with Crippen molar-refractivity contribution in [2.24, 2.45) is 0 Å². The SMILES string of the molecule is CCCN(Cc1noc(C2CC2)n1)Cc1nnc(-c2ccccc2Cl)o1. The van der Waals surface area contributed by atoms with Gasteiger partial charge in [-0.25, -0.2) is 0 Å². The predicted octanol–water partition coefficient (Wildman–Crippen LogP) is 4.06. The third kappa shape index (κ3) is 3.94. The van der Waals surface area contributed by atoms with E-state index in [0.29, 0.717) is 41.6 Å². The summed E-state index contributed by atoms with van der Waals surface area (Å²) in [6.07, 6.45) is 3.29. The Kier molecular flexibility index (Phi) is 4.99. The molecule has 2 heterocycles. The largest absolute Gasteiger partial charge is 0.419 e. The van der Waals surface area contributed by atoms with Gasteiger partial charge < -0.3 is 8.94 Å². The fourth-order valence-corrected chi connectivity index (χ4v) is 3.03. The molecular formula is C18H20ClN5O2. The monoisotopic (exact) mass is 373 g/mol. The van der Waals surface area contributed by atoms with Crippen molar-refractivity contribution in [3.8, 4) is 11.5 Å². The van der Waals surface area contributed by atoms with Gasteiger partial charge in [0.05, 0.1) is 23.7 Å². The van der Waals surface area contributed by atoms with Gasteiger partial charge in [-0.05, 0) is 37.9 Å². The van der Waals surface area contributed by atoms with Crippen LogP contribution in [0.25, 0.3) is 11.5 Å². The summed E-state index contributed by atoms with van der Waals surface area (Å²) in [7, 11) is 0. The number of aromatic nitrogens is 4. The van der Waals surface area contributed by atoms with Gasteiger partial charge in [-0.3, -0.25) is 4.90 Å². The molecule has 3 aromatic rings. The molecule has 136 valence electrons. The Balaban J connectivity index is 1.45. The zero-order valence-electron chi connectivity index (χ0n) is 14.6. The van der Waals surface area contributed by atoms with Gasteiger partial charge >= 0.3 is 0 Å². The van der Waals surface area contributed by atoms with Crippen LogP contribution in [0.1, 0.15) is 49.7 Å². The first-order valence-corrected chi connectivity index (χ1v) is 9.23. The van der Waals surface area contributed by atoms with Crippen molar-refractivity contribution in [1.29, 1.82) is 0 Å². The maximum absolute atomic E-state index is 6.20. The summed E-state index contributed by atoms with van der Waals surface area (Å²) in [5, 5.41) is 13.0. The van der Waals surface area contributed by atoms with Gasteiger partial charge in [0.2, 0.25) is 17.7 Å². The van der Waals surface area contributed by atoms with E-state index in [2.05, 4.69) is 32.2 Å². The van der Waals surface area contributed by atoms with Gasteiger partial charge in [0.25, 0.3) is 0 Å². The molecule has 0 atom stereocenters. The van der Waals surface area contributed by atoms with Crippen molar-refractivity contribution in [3.05, 3.63) is 46.9 Å². The molecule has 1 fully saturated rings. The molecule has 7 nitrogen and oxygen atoms in total. The van der Waals surface area contributed by atoms with E-state index in [1.807, 2.05) is 18.2 Å². The summed E-state index contributed by atoms with van der Waals surface area (Å²) >= 11 is 6.20. The molecule has 0 bridgehead atoms. The normalized spacial score (nSPS) is 14.3. The highest BCUT2D eigenvalue weighted by atomic mass is 35.5. The third-order valence-electron chi connectivity index (χ3n) is 4.25. The first-order chi connectivity index (χ1) is 12.7. The molecular weight excluding hydrogens is 354 g/mol. The Labute approximate surface area is 156 Å². The second kappa shape index (κ2) is 7.55. The quantitative estimate of drug-likeness (QED) is 0.588. The van der Waals surface area contributed by atoms with Crippen molar-refractivity contribution < 1.29 is 8.94 Å². The van der Waals surface area contributed by atoms with Crippen LogP contribution < -0.4 is 0 Å². The zero-order chi connectivity index (χ0) is 17.9. The Morgan fingerprint density at radius 1 is 1.19 bits per heavy atom. The van der Waals surface area contributed by atoms with Crippen LogP contribution in [0, 0.1) is 0 Å². The van der Waals surface area contributed by atoms with Crippen molar-refractivity contribution in [3.63, 3.8) is 0 Å². The topological polar surface area (TPSA) is 81.1 Å². The predicted molar refractivity (Wildman–Crippen MR) is 95.4 cm³/mol. The molecule has 2 aromatic heterocycles. The third-order valence-corrected chi connectivity index (χ3v) is 4.57. The van der Waals surface area contributed by atoms with Gasteiger partial charge in [-0.2, -0.15) is 4.98 Å². The van der Waals surface area contributed by atoms with E-state index in [1.54, 1.807) is 6.07 Å². The van der Waals surface area contributed by atoms with E-state index in [9.17, 15) is 0 Å². The van der Waals surface area contributed by atoms with Gasteiger partial charge in [0.1, 0.15) is 0 Å². The van der Waals surface area contributed by atoms with E-state index in [0.717, 1.165) is 37.3 Å². The molecule has 0 radical (unpaired) electrons. The maximum Gasteiger partial charge on any atom is 0.249 e. The van der Waals surface area contributed by atoms with Crippen LogP contribution in [-0.2, 0) is 13.1 Å². The number of benzene rings is 1. The van der Waals surface area contributed by atoms with Crippen LogP contribution in [-0.4, -0.2) is 31.8 Å². The lowest BCUT2D eigenvalue weighted by atomic mass is 10.2. The fourth-order valence-electron chi connectivity index (χ4n) is 2.81. The van der Waals surface area contributed by atoms with Gasteiger partial charge in [0, 0.05) is 5.92 Å². The summed E-state index contributed by atoms with van der Waals surface area (Å²) in [6, 6.07) is 7.43. The van der Waals surface area contributed by atoms with E-state index in [4.69, 9.17) is 20.5 Å². The number of halogens is 1. The summed E-state index contributed by atoms with van der Waals surface area (Å²) in [5.74, 6) is 2.89. The minimum Gasteiger partial charge on any atom is -0.419 e. The smallest absolute Gasteiger partial charge is 0.249 e. The lowest BCUT2D eigenvalue weighted by Crippen LogP contribution is -2.24. The average Bonchev–Trinajstić information content (AvgIpc) is 3.21. The summed E-state index contributed by atoms with van der Waals surface area (Å²) in [4.78, 5) is 6.67. The molecule has 0 unspecified atom stereocenters. The van der Waals surface area contributed by atoms with Crippen LogP contribution in [0.4, 0.5) is 0 Å². The van der Waals surface area contributed by atoms with E-state index >= 15 is 0 Å². The minimum absolute atomic E-state index is 0.428.